The molecule has 0 aromatic carbocycles. The van der Waals surface area contributed by atoms with Gasteiger partial charge in [-0.15, -0.1) is 0 Å². The van der Waals surface area contributed by atoms with Crippen LogP contribution in [0.15, 0.2) is 0 Å². The fraction of sp³-hybridized carbons (Fsp3) is 0.952. The van der Waals surface area contributed by atoms with Crippen molar-refractivity contribution >= 4 is 5.91 Å². The summed E-state index contributed by atoms with van der Waals surface area (Å²) >= 11 is 0. The lowest BCUT2D eigenvalue weighted by Gasteiger charge is -2.40. The predicted molar refractivity (Wildman–Crippen MR) is 103 cm³/mol. The Morgan fingerprint density at radius 3 is 2.19 bits per heavy atom. The maximum Gasteiger partial charge on any atom is 0.222 e. The third-order valence-electron chi connectivity index (χ3n) is 7.01. The fourth-order valence-corrected chi connectivity index (χ4v) is 5.88. The van der Waals surface area contributed by atoms with Crippen LogP contribution < -0.4 is 5.32 Å². The first-order valence-electron chi connectivity index (χ1n) is 11.0. The molecule has 4 fully saturated rings. The number of piperidine rings is 2. The van der Waals surface area contributed by atoms with Crippen molar-refractivity contribution in [3.05, 3.63) is 0 Å². The van der Waals surface area contributed by atoms with Crippen LogP contribution in [0.3, 0.4) is 0 Å². The minimum Gasteiger partial charge on any atom is -0.373 e. The largest absolute Gasteiger partial charge is 0.373 e. The average molecular weight is 364 g/mol. The average Bonchev–Trinajstić information content (AvgIpc) is 2.93. The number of nitrogens with one attached hydrogen (secondary N) is 1. The Morgan fingerprint density at radius 1 is 0.962 bits per heavy atom. The number of carbonyl (C=O) groups is 1. The van der Waals surface area contributed by atoms with Gasteiger partial charge < -0.3 is 15.0 Å². The second-order valence-electron chi connectivity index (χ2n) is 9.48. The van der Waals surface area contributed by atoms with Crippen LogP contribution in [0, 0.1) is 11.8 Å². The number of carbonyl (C=O) groups excluding carboxylic acids is 1. The van der Waals surface area contributed by atoms with Crippen molar-refractivity contribution in [2.24, 2.45) is 11.8 Å². The van der Waals surface area contributed by atoms with E-state index in [-0.39, 0.29) is 0 Å². The molecule has 0 spiro atoms. The van der Waals surface area contributed by atoms with Gasteiger partial charge in [-0.05, 0) is 64.2 Å². The van der Waals surface area contributed by atoms with Gasteiger partial charge in [0, 0.05) is 51.2 Å². The molecule has 4 aliphatic heterocycles. The normalized spacial score (nSPS) is 39.3. The van der Waals surface area contributed by atoms with Gasteiger partial charge in [0.15, 0.2) is 0 Å². The first-order chi connectivity index (χ1) is 12.5. The summed E-state index contributed by atoms with van der Waals surface area (Å²) in [5.41, 5.74) is 0. The minimum atomic E-state index is 0.348. The van der Waals surface area contributed by atoms with Crippen LogP contribution >= 0.6 is 0 Å². The Hall–Kier alpha value is -0.650. The first kappa shape index (κ1) is 18.7. The molecule has 4 aliphatic rings. The van der Waals surface area contributed by atoms with Crippen molar-refractivity contribution in [3.8, 4) is 0 Å². The molecule has 4 rings (SSSR count). The Morgan fingerprint density at radius 2 is 1.58 bits per heavy atom. The highest BCUT2D eigenvalue weighted by molar-refractivity contribution is 5.76. The molecule has 0 aromatic heterocycles. The van der Waals surface area contributed by atoms with E-state index in [2.05, 4.69) is 29.0 Å². The maximum absolute atomic E-state index is 12.8. The lowest BCUT2D eigenvalue weighted by atomic mass is 9.88. The van der Waals surface area contributed by atoms with Gasteiger partial charge in [-0.1, -0.05) is 0 Å². The number of fused-ring (bicyclic) bond motifs is 2. The molecule has 2 bridgehead atoms. The summed E-state index contributed by atoms with van der Waals surface area (Å²) in [4.78, 5) is 17.5. The van der Waals surface area contributed by atoms with Crippen LogP contribution in [0.2, 0.25) is 0 Å². The Labute approximate surface area is 158 Å². The van der Waals surface area contributed by atoms with Gasteiger partial charge in [0.1, 0.15) is 0 Å². The van der Waals surface area contributed by atoms with Crippen molar-refractivity contribution in [3.63, 3.8) is 0 Å². The van der Waals surface area contributed by atoms with E-state index in [1.165, 1.54) is 45.1 Å². The molecule has 1 N–H and O–H groups in total. The number of nitrogens with zero attached hydrogens (tertiary/aromatic N) is 2. The number of amides is 1. The van der Waals surface area contributed by atoms with E-state index in [0.717, 1.165) is 38.5 Å². The van der Waals surface area contributed by atoms with Gasteiger partial charge in [-0.25, -0.2) is 0 Å². The molecule has 4 saturated heterocycles. The number of hydrogen-bond donors (Lipinski definition) is 1. The molecule has 0 radical (unpaired) electrons. The van der Waals surface area contributed by atoms with Gasteiger partial charge in [0.2, 0.25) is 5.91 Å². The molecule has 4 heterocycles. The van der Waals surface area contributed by atoms with Crippen molar-refractivity contribution < 1.29 is 9.53 Å². The second-order valence-corrected chi connectivity index (χ2v) is 9.48. The Kier molecular flexibility index (Phi) is 5.87. The van der Waals surface area contributed by atoms with Crippen LogP contribution in [-0.2, 0) is 9.53 Å². The van der Waals surface area contributed by atoms with Crippen molar-refractivity contribution in [1.29, 1.82) is 0 Å². The van der Waals surface area contributed by atoms with E-state index >= 15 is 0 Å². The maximum atomic E-state index is 12.8. The number of likely N-dealkylation sites (tertiary alicyclic amines) is 1. The third kappa shape index (κ3) is 4.60. The lowest BCUT2D eigenvalue weighted by molar-refractivity contribution is -0.134. The number of morpholine rings is 1. The van der Waals surface area contributed by atoms with Gasteiger partial charge in [-0.2, -0.15) is 0 Å². The molecule has 0 aromatic rings. The minimum absolute atomic E-state index is 0.348. The van der Waals surface area contributed by atoms with Gasteiger partial charge >= 0.3 is 0 Å². The van der Waals surface area contributed by atoms with E-state index < -0.39 is 0 Å². The van der Waals surface area contributed by atoms with Crippen molar-refractivity contribution in [1.82, 2.24) is 15.1 Å². The highest BCUT2D eigenvalue weighted by Gasteiger charge is 2.35. The summed E-state index contributed by atoms with van der Waals surface area (Å²) in [7, 11) is 0. The molecular weight excluding hydrogens is 326 g/mol. The number of hydrogen-bond acceptors (Lipinski definition) is 4. The molecule has 4 atom stereocenters. The van der Waals surface area contributed by atoms with E-state index in [4.69, 9.17) is 4.74 Å². The molecule has 0 saturated carbocycles. The first-order valence-corrected chi connectivity index (χ1v) is 11.0. The molecule has 4 unspecified atom stereocenters. The summed E-state index contributed by atoms with van der Waals surface area (Å²) in [5.74, 6) is 1.78. The second kappa shape index (κ2) is 8.15. The lowest BCUT2D eigenvalue weighted by Crippen LogP contribution is -2.49. The summed E-state index contributed by atoms with van der Waals surface area (Å²) in [6, 6.07) is 1.38. The predicted octanol–water partition coefficient (Wildman–Crippen LogP) is 2.25. The van der Waals surface area contributed by atoms with Crippen LogP contribution in [-0.4, -0.2) is 72.7 Å². The van der Waals surface area contributed by atoms with Crippen LogP contribution in [0.5, 0.6) is 0 Å². The standard InChI is InChI=1S/C21H37N3O2/c1-15-12-23(13-16(2)26-15)14-17-5-7-24(8-6-17)21(25)11-18-9-19-3-4-20(10-18)22-19/h15-20,22H,3-14H2,1-2H3. The molecule has 0 aliphatic carbocycles. The molecular formula is C21H37N3O2. The van der Waals surface area contributed by atoms with Crippen LogP contribution in [0.4, 0.5) is 0 Å². The molecule has 5 heteroatoms. The smallest absolute Gasteiger partial charge is 0.222 e. The van der Waals surface area contributed by atoms with E-state index in [1.54, 1.807) is 0 Å². The van der Waals surface area contributed by atoms with E-state index in [9.17, 15) is 4.79 Å². The Bertz CT molecular complexity index is 470. The summed E-state index contributed by atoms with van der Waals surface area (Å²) < 4.78 is 5.85. The highest BCUT2D eigenvalue weighted by atomic mass is 16.5. The summed E-state index contributed by atoms with van der Waals surface area (Å²) in [5, 5.41) is 3.69. The van der Waals surface area contributed by atoms with Gasteiger partial charge in [0.25, 0.3) is 0 Å². The highest BCUT2D eigenvalue weighted by Crippen LogP contribution is 2.33. The summed E-state index contributed by atoms with van der Waals surface area (Å²) in [6.07, 6.45) is 8.89. The Balaban J connectivity index is 1.19. The number of rotatable bonds is 4. The van der Waals surface area contributed by atoms with Crippen molar-refractivity contribution in [2.75, 3.05) is 32.7 Å². The van der Waals surface area contributed by atoms with Crippen molar-refractivity contribution in [2.45, 2.75) is 83.1 Å². The van der Waals surface area contributed by atoms with E-state index in [1.807, 2.05) is 0 Å². The van der Waals surface area contributed by atoms with Crippen LogP contribution in [0.1, 0.15) is 58.8 Å². The van der Waals surface area contributed by atoms with Gasteiger partial charge in [-0.3, -0.25) is 9.69 Å². The third-order valence-corrected chi connectivity index (χ3v) is 7.01. The topological polar surface area (TPSA) is 44.8 Å². The zero-order chi connectivity index (χ0) is 18.1. The number of ether oxygens (including phenoxy) is 1. The molecule has 5 nitrogen and oxygen atoms in total. The quantitative estimate of drug-likeness (QED) is 0.832. The van der Waals surface area contributed by atoms with E-state index in [0.29, 0.717) is 36.1 Å². The molecule has 26 heavy (non-hydrogen) atoms. The van der Waals surface area contributed by atoms with Crippen LogP contribution in [0.25, 0.3) is 0 Å². The summed E-state index contributed by atoms with van der Waals surface area (Å²) in [6.45, 7) is 9.59. The molecule has 1 amide bonds. The zero-order valence-electron chi connectivity index (χ0n) is 16.7. The fourth-order valence-electron chi connectivity index (χ4n) is 5.88. The SMILES string of the molecule is CC1CN(CC2CCN(C(=O)CC3CC4CCC(C3)N4)CC2)CC(C)O1. The zero-order valence-corrected chi connectivity index (χ0v) is 16.7. The van der Waals surface area contributed by atoms with Gasteiger partial charge in [0.05, 0.1) is 12.2 Å². The molecule has 148 valence electrons. The monoisotopic (exact) mass is 363 g/mol.